The Morgan fingerprint density at radius 2 is 2.04 bits per heavy atom. The van der Waals surface area contributed by atoms with Gasteiger partial charge in [-0.3, -0.25) is 14.5 Å². The molecule has 1 saturated heterocycles. The molecular formula is C18H20N4O4. The number of carbonyl (C=O) groups is 3. The highest BCUT2D eigenvalue weighted by molar-refractivity contribution is 6.07. The number of imide groups is 1. The van der Waals surface area contributed by atoms with Crippen LogP contribution < -0.4 is 10.6 Å². The number of aryl methyl sites for hydroxylation is 1. The largest absolute Gasteiger partial charge is 0.360 e. The van der Waals surface area contributed by atoms with E-state index in [9.17, 15) is 14.4 Å². The molecule has 0 spiro atoms. The van der Waals surface area contributed by atoms with Crippen LogP contribution in [0.1, 0.15) is 31.1 Å². The van der Waals surface area contributed by atoms with Gasteiger partial charge in [0.05, 0.1) is 0 Å². The predicted molar refractivity (Wildman–Crippen MR) is 93.1 cm³/mol. The standard InChI is InChI=1S/C18H20N4O4/c1-3-18(13-7-5-4-6-8-13)16(24)22(17(25)20-18)10-9-15(23)19-14-11-12(2)26-21-14/h4-8,11H,3,9-10H2,1-2H3,(H,20,25)(H,19,21,23). The van der Waals surface area contributed by atoms with E-state index >= 15 is 0 Å². The molecule has 2 N–H and O–H groups in total. The summed E-state index contributed by atoms with van der Waals surface area (Å²) < 4.78 is 4.87. The number of nitrogens with zero attached hydrogens (tertiary/aromatic N) is 2. The van der Waals surface area contributed by atoms with Crippen LogP contribution in [-0.4, -0.2) is 34.4 Å². The molecule has 8 heteroatoms. The summed E-state index contributed by atoms with van der Waals surface area (Å²) in [6, 6.07) is 10.2. The molecule has 1 atom stereocenters. The smallest absolute Gasteiger partial charge is 0.325 e. The Hall–Kier alpha value is -3.16. The van der Waals surface area contributed by atoms with E-state index in [4.69, 9.17) is 4.52 Å². The summed E-state index contributed by atoms with van der Waals surface area (Å²) in [6.45, 7) is 3.54. The third-order valence-electron chi connectivity index (χ3n) is 4.43. The van der Waals surface area contributed by atoms with Gasteiger partial charge in [-0.1, -0.05) is 42.4 Å². The van der Waals surface area contributed by atoms with Crippen LogP contribution in [0.5, 0.6) is 0 Å². The third-order valence-corrected chi connectivity index (χ3v) is 4.43. The second-order valence-electron chi connectivity index (χ2n) is 6.13. The first kappa shape index (κ1) is 17.7. The van der Waals surface area contributed by atoms with Gasteiger partial charge in [-0.15, -0.1) is 0 Å². The molecule has 1 unspecified atom stereocenters. The van der Waals surface area contributed by atoms with Crippen LogP contribution in [-0.2, 0) is 15.1 Å². The first-order chi connectivity index (χ1) is 12.5. The minimum absolute atomic E-state index is 0.0120. The highest BCUT2D eigenvalue weighted by Crippen LogP contribution is 2.32. The number of amides is 4. The summed E-state index contributed by atoms with van der Waals surface area (Å²) in [5, 5.41) is 9.03. The molecule has 1 aliphatic rings. The first-order valence-electron chi connectivity index (χ1n) is 8.39. The number of hydrogen-bond donors (Lipinski definition) is 2. The summed E-state index contributed by atoms with van der Waals surface area (Å²) in [6.07, 6.45) is 0.391. The molecule has 2 heterocycles. The van der Waals surface area contributed by atoms with Crippen molar-refractivity contribution in [3.8, 4) is 0 Å². The minimum atomic E-state index is -1.09. The lowest BCUT2D eigenvalue weighted by Gasteiger charge is -2.25. The van der Waals surface area contributed by atoms with Crippen LogP contribution in [0.3, 0.4) is 0 Å². The molecule has 26 heavy (non-hydrogen) atoms. The number of urea groups is 1. The molecule has 1 fully saturated rings. The predicted octanol–water partition coefficient (Wildman–Crippen LogP) is 2.17. The van der Waals surface area contributed by atoms with Crippen molar-refractivity contribution in [1.82, 2.24) is 15.4 Å². The molecule has 0 aliphatic carbocycles. The van der Waals surface area contributed by atoms with Crippen molar-refractivity contribution in [2.75, 3.05) is 11.9 Å². The Bertz CT molecular complexity index is 833. The SMILES string of the molecule is CCC1(c2ccccc2)NC(=O)N(CCC(=O)Nc2cc(C)on2)C1=O. The maximum absolute atomic E-state index is 12.9. The summed E-state index contributed by atoms with van der Waals surface area (Å²) in [5.41, 5.74) is -0.358. The summed E-state index contributed by atoms with van der Waals surface area (Å²) in [7, 11) is 0. The molecular weight excluding hydrogens is 336 g/mol. The van der Waals surface area contributed by atoms with Crippen LogP contribution in [0.2, 0.25) is 0 Å². The molecule has 1 aromatic carbocycles. The fourth-order valence-electron chi connectivity index (χ4n) is 3.04. The Morgan fingerprint density at radius 1 is 1.31 bits per heavy atom. The fourth-order valence-corrected chi connectivity index (χ4v) is 3.04. The number of carbonyl (C=O) groups excluding carboxylic acids is 3. The molecule has 0 radical (unpaired) electrons. The van der Waals surface area contributed by atoms with Crippen LogP contribution in [0.4, 0.5) is 10.6 Å². The van der Waals surface area contributed by atoms with E-state index < -0.39 is 11.6 Å². The van der Waals surface area contributed by atoms with E-state index in [0.717, 1.165) is 10.5 Å². The normalized spacial score (nSPS) is 19.5. The Kier molecular flexibility index (Phi) is 4.75. The molecule has 3 rings (SSSR count). The van der Waals surface area contributed by atoms with E-state index in [1.54, 1.807) is 13.0 Å². The van der Waals surface area contributed by atoms with Gasteiger partial charge in [-0.2, -0.15) is 0 Å². The lowest BCUT2D eigenvalue weighted by molar-refractivity contribution is -0.132. The van der Waals surface area contributed by atoms with Gasteiger partial charge in [-0.25, -0.2) is 4.79 Å². The maximum Gasteiger partial charge on any atom is 0.325 e. The van der Waals surface area contributed by atoms with Crippen molar-refractivity contribution in [1.29, 1.82) is 0 Å². The summed E-state index contributed by atoms with van der Waals surface area (Å²) >= 11 is 0. The Morgan fingerprint density at radius 3 is 2.65 bits per heavy atom. The molecule has 8 nitrogen and oxygen atoms in total. The number of anilines is 1. The van der Waals surface area contributed by atoms with Crippen LogP contribution >= 0.6 is 0 Å². The first-order valence-corrected chi connectivity index (χ1v) is 8.39. The van der Waals surface area contributed by atoms with E-state index in [0.29, 0.717) is 18.0 Å². The van der Waals surface area contributed by atoms with Crippen molar-refractivity contribution in [3.63, 3.8) is 0 Å². The average molecular weight is 356 g/mol. The summed E-state index contributed by atoms with van der Waals surface area (Å²) in [5.74, 6) is 0.177. The molecule has 1 aliphatic heterocycles. The van der Waals surface area contributed by atoms with Crippen molar-refractivity contribution in [2.24, 2.45) is 0 Å². The van der Waals surface area contributed by atoms with Gasteiger partial charge in [0.25, 0.3) is 5.91 Å². The lowest BCUT2D eigenvalue weighted by Crippen LogP contribution is -2.43. The fraction of sp³-hybridized carbons (Fsp3) is 0.333. The van der Waals surface area contributed by atoms with E-state index in [-0.39, 0.29) is 24.8 Å². The quantitative estimate of drug-likeness (QED) is 0.772. The zero-order valence-corrected chi connectivity index (χ0v) is 14.6. The molecule has 0 saturated carbocycles. The van der Waals surface area contributed by atoms with Gasteiger partial charge in [0.15, 0.2) is 5.82 Å². The minimum Gasteiger partial charge on any atom is -0.360 e. The number of hydrogen-bond acceptors (Lipinski definition) is 5. The number of benzene rings is 1. The van der Waals surface area contributed by atoms with Crippen LogP contribution in [0, 0.1) is 6.92 Å². The van der Waals surface area contributed by atoms with Crippen molar-refractivity contribution in [3.05, 3.63) is 47.7 Å². The van der Waals surface area contributed by atoms with Gasteiger partial charge < -0.3 is 15.2 Å². The van der Waals surface area contributed by atoms with Crippen molar-refractivity contribution in [2.45, 2.75) is 32.2 Å². The van der Waals surface area contributed by atoms with Gasteiger partial charge in [-0.05, 0) is 18.9 Å². The van der Waals surface area contributed by atoms with Crippen molar-refractivity contribution < 1.29 is 18.9 Å². The average Bonchev–Trinajstić information content (AvgIpc) is 3.15. The second-order valence-corrected chi connectivity index (χ2v) is 6.13. The summed E-state index contributed by atoms with van der Waals surface area (Å²) in [4.78, 5) is 38.4. The molecule has 136 valence electrons. The molecule has 1 aromatic heterocycles. The molecule has 0 bridgehead atoms. The molecule has 4 amide bonds. The van der Waals surface area contributed by atoms with E-state index in [1.165, 1.54) is 0 Å². The van der Waals surface area contributed by atoms with Gasteiger partial charge in [0, 0.05) is 19.0 Å². The van der Waals surface area contributed by atoms with Crippen LogP contribution in [0.25, 0.3) is 0 Å². The maximum atomic E-state index is 12.9. The highest BCUT2D eigenvalue weighted by Gasteiger charge is 2.50. The highest BCUT2D eigenvalue weighted by atomic mass is 16.5. The topological polar surface area (TPSA) is 105 Å². The van der Waals surface area contributed by atoms with Gasteiger partial charge in [0.2, 0.25) is 5.91 Å². The number of aromatic nitrogens is 1. The lowest BCUT2D eigenvalue weighted by atomic mass is 9.87. The van der Waals surface area contributed by atoms with Crippen LogP contribution in [0.15, 0.2) is 40.9 Å². The monoisotopic (exact) mass is 356 g/mol. The zero-order chi connectivity index (χ0) is 18.7. The van der Waals surface area contributed by atoms with Gasteiger partial charge in [0.1, 0.15) is 11.3 Å². The van der Waals surface area contributed by atoms with Gasteiger partial charge >= 0.3 is 6.03 Å². The third kappa shape index (κ3) is 3.17. The Labute approximate surface area is 150 Å². The van der Waals surface area contributed by atoms with E-state index in [1.807, 2.05) is 37.3 Å². The zero-order valence-electron chi connectivity index (χ0n) is 14.6. The molecule has 2 aromatic rings. The number of rotatable bonds is 6. The Balaban J connectivity index is 1.68. The second kappa shape index (κ2) is 6.99. The number of nitrogens with one attached hydrogen (secondary N) is 2. The van der Waals surface area contributed by atoms with E-state index in [2.05, 4.69) is 15.8 Å². The van der Waals surface area contributed by atoms with Crippen molar-refractivity contribution >= 4 is 23.7 Å².